The summed E-state index contributed by atoms with van der Waals surface area (Å²) in [7, 11) is -1.38. The van der Waals surface area contributed by atoms with Crippen LogP contribution in [0.4, 0.5) is 0 Å². The average Bonchev–Trinajstić information content (AvgIpc) is 3.88. The van der Waals surface area contributed by atoms with E-state index in [1.165, 1.54) is 66.1 Å². The fourth-order valence-corrected chi connectivity index (χ4v) is 12.6. The van der Waals surface area contributed by atoms with Gasteiger partial charge in [0, 0.05) is 43.6 Å². The monoisotopic (exact) mass is 1050 g/mol. The molecule has 0 N–H and O–H groups in total. The molecule has 5 aromatic heterocycles. The maximum absolute atomic E-state index is 6.07. The van der Waals surface area contributed by atoms with Crippen LogP contribution in [0.25, 0.3) is 72.2 Å². The van der Waals surface area contributed by atoms with Crippen LogP contribution >= 0.6 is 0 Å². The quantitative estimate of drug-likeness (QED) is 0.112. The van der Waals surface area contributed by atoms with Crippen molar-refractivity contribution in [1.29, 1.82) is 0 Å². The van der Waals surface area contributed by atoms with Gasteiger partial charge in [-0.05, 0) is 130 Å². The Bertz CT molecular complexity index is 3150. The van der Waals surface area contributed by atoms with E-state index in [0.29, 0.717) is 17.5 Å². The minimum atomic E-state index is -1.38. The molecule has 65 heavy (non-hydrogen) atoms. The Morgan fingerprint density at radius 3 is 2.35 bits per heavy atom. The first kappa shape index (κ1) is 44.9. The number of hydrogen-bond donors (Lipinski definition) is 0. The second kappa shape index (κ2) is 18.2. The zero-order valence-electron chi connectivity index (χ0n) is 39.0. The molecule has 3 saturated carbocycles. The summed E-state index contributed by atoms with van der Waals surface area (Å²) in [6, 6.07) is 35.3. The summed E-state index contributed by atoms with van der Waals surface area (Å²) in [6.45, 7) is 18.5. The maximum atomic E-state index is 6.07. The van der Waals surface area contributed by atoms with E-state index in [-0.39, 0.29) is 20.1 Å². The van der Waals surface area contributed by atoms with Gasteiger partial charge in [-0.25, -0.2) is 0 Å². The van der Waals surface area contributed by atoms with Crippen molar-refractivity contribution < 1.29 is 24.5 Å². The first-order valence-corrected chi connectivity index (χ1v) is 27.0. The molecule has 1 atom stereocenters. The van der Waals surface area contributed by atoms with E-state index < -0.39 is 8.07 Å². The summed E-state index contributed by atoms with van der Waals surface area (Å²) >= 11 is 0. The van der Waals surface area contributed by atoms with Gasteiger partial charge < -0.3 is 19.0 Å². The van der Waals surface area contributed by atoms with E-state index in [1.807, 2.05) is 36.7 Å². The summed E-state index contributed by atoms with van der Waals surface area (Å²) in [4.78, 5) is 19.0. The van der Waals surface area contributed by atoms with Crippen molar-refractivity contribution in [1.82, 2.24) is 24.5 Å². The molecule has 1 unspecified atom stereocenters. The topological polar surface area (TPSA) is 69.6 Å². The smallest absolute Gasteiger partial charge is 0.141 e. The molecule has 8 heteroatoms. The number of aromatic nitrogens is 5. The number of hydrogen-bond acceptors (Lipinski definition) is 5. The van der Waals surface area contributed by atoms with Gasteiger partial charge in [0.2, 0.25) is 0 Å². The Morgan fingerprint density at radius 2 is 1.63 bits per heavy atom. The van der Waals surface area contributed by atoms with Crippen molar-refractivity contribution in [3.8, 4) is 28.3 Å². The van der Waals surface area contributed by atoms with Crippen LogP contribution in [-0.2, 0) is 26.5 Å². The number of nitrogens with zero attached hydrogens (tertiary/aromatic N) is 5. The summed E-state index contributed by atoms with van der Waals surface area (Å²) in [5, 5.41) is 6.14. The van der Waals surface area contributed by atoms with Crippen LogP contribution in [0.3, 0.4) is 0 Å². The van der Waals surface area contributed by atoms with Gasteiger partial charge in [-0.15, -0.1) is 42.0 Å². The van der Waals surface area contributed by atoms with Gasteiger partial charge in [-0.2, -0.15) is 0 Å². The van der Waals surface area contributed by atoms with E-state index in [9.17, 15) is 0 Å². The normalized spacial score (nSPS) is 17.3. The van der Waals surface area contributed by atoms with Crippen LogP contribution in [0.1, 0.15) is 93.9 Å². The van der Waals surface area contributed by atoms with Crippen molar-refractivity contribution >= 4 is 57.1 Å². The Morgan fingerprint density at radius 1 is 0.831 bits per heavy atom. The van der Waals surface area contributed by atoms with Crippen molar-refractivity contribution in [2.75, 3.05) is 0 Å². The van der Waals surface area contributed by atoms with Crippen LogP contribution in [0.15, 0.2) is 114 Å². The molecule has 0 amide bonds. The van der Waals surface area contributed by atoms with Gasteiger partial charge in [0.25, 0.3) is 0 Å². The Hall–Kier alpha value is -5.27. The SMILES string of the molecule is C[Si](C)(C)c1cnc(-c2[c-]cccc2)cc1CC1CC2CCC1CC2.Cc1cccc2oc3n[c-]c(-c4nc5cnccc5n4-c4c(C(C)C)cc5ccccc5c4C(C)C)cc3c12.[Ir]. The molecule has 3 aliphatic rings. The van der Waals surface area contributed by atoms with Gasteiger partial charge in [-0.3, -0.25) is 9.97 Å². The first-order valence-electron chi connectivity index (χ1n) is 23.5. The van der Waals surface area contributed by atoms with E-state index in [2.05, 4.69) is 154 Å². The maximum Gasteiger partial charge on any atom is 0.141 e. The van der Waals surface area contributed by atoms with Gasteiger partial charge in [0.05, 0.1) is 31.1 Å². The Kier molecular flexibility index (Phi) is 12.6. The average molecular weight is 1050 g/mol. The van der Waals surface area contributed by atoms with Crippen molar-refractivity contribution in [2.45, 2.75) is 105 Å². The summed E-state index contributed by atoms with van der Waals surface area (Å²) in [5.41, 5.74) is 12.8. The van der Waals surface area contributed by atoms with Crippen molar-refractivity contribution in [3.05, 3.63) is 144 Å². The second-order valence-electron chi connectivity index (χ2n) is 20.2. The van der Waals surface area contributed by atoms with Gasteiger partial charge in [0.1, 0.15) is 11.3 Å². The van der Waals surface area contributed by atoms with Crippen LogP contribution in [-0.4, -0.2) is 32.6 Å². The first-order chi connectivity index (χ1) is 30.9. The number of furan rings is 1. The van der Waals surface area contributed by atoms with Gasteiger partial charge >= 0.3 is 0 Å². The fourth-order valence-electron chi connectivity index (χ4n) is 11.0. The third kappa shape index (κ3) is 8.54. The molecule has 3 fully saturated rings. The molecule has 0 spiro atoms. The largest absolute Gasteiger partial charge is 0.483 e. The molecule has 12 rings (SSSR count). The minimum Gasteiger partial charge on any atom is -0.483 e. The third-order valence-electron chi connectivity index (χ3n) is 14.2. The standard InChI is InChI=1S/C34H29N4O.C23H30NSi.Ir/c1-19(2)25-15-22-10-6-7-11-24(22)30(20(3)4)32(25)38-28-13-14-35-18-27(28)37-33(38)23-16-26-31-21(5)9-8-12-29(31)39-34(26)36-17-23;1-25(2,3)23-16-24-22(19-7-5-4-6-8-19)15-21(23)14-20-13-17-9-11-18(20)12-10-17;/h6-16,18-20H,1-5H3;4-7,15-18,20H,9-14H2,1-3H3;/q2*-1;. The fraction of sp³-hybridized carbons (Fsp3) is 0.333. The molecule has 4 aromatic carbocycles. The molecule has 1 radical (unpaired) electrons. The molecule has 2 bridgehead atoms. The van der Waals surface area contributed by atoms with E-state index >= 15 is 0 Å². The number of pyridine rings is 3. The minimum absolute atomic E-state index is 0. The van der Waals surface area contributed by atoms with Gasteiger partial charge in [0.15, 0.2) is 0 Å². The zero-order valence-corrected chi connectivity index (χ0v) is 42.4. The van der Waals surface area contributed by atoms with E-state index in [0.717, 1.165) is 73.4 Å². The van der Waals surface area contributed by atoms with Crippen molar-refractivity contribution in [3.63, 3.8) is 0 Å². The molecule has 3 aliphatic carbocycles. The summed E-state index contributed by atoms with van der Waals surface area (Å²) in [5.74, 6) is 4.28. The molecule has 0 saturated heterocycles. The zero-order chi connectivity index (χ0) is 44.3. The van der Waals surface area contributed by atoms with E-state index in [4.69, 9.17) is 14.4 Å². The Balaban J connectivity index is 0.000000177. The number of fused-ring (bicyclic) bond motifs is 8. The summed E-state index contributed by atoms with van der Waals surface area (Å²) in [6.07, 6.45) is 17.8. The molecule has 5 heterocycles. The molecule has 0 aliphatic heterocycles. The van der Waals surface area contributed by atoms with Crippen LogP contribution < -0.4 is 5.19 Å². The molecule has 6 nitrogen and oxygen atoms in total. The summed E-state index contributed by atoms with van der Waals surface area (Å²) < 4.78 is 8.38. The van der Waals surface area contributed by atoms with Crippen LogP contribution in [0.5, 0.6) is 0 Å². The van der Waals surface area contributed by atoms with Crippen LogP contribution in [0, 0.1) is 36.9 Å². The predicted octanol–water partition coefficient (Wildman–Crippen LogP) is 14.4. The predicted molar refractivity (Wildman–Crippen MR) is 267 cm³/mol. The molecular weight excluding hydrogens is 991 g/mol. The molecule has 333 valence electrons. The Labute approximate surface area is 398 Å². The van der Waals surface area contributed by atoms with Crippen molar-refractivity contribution in [2.24, 2.45) is 17.8 Å². The number of benzene rings is 4. The number of aryl methyl sites for hydroxylation is 1. The number of rotatable bonds is 8. The molecular formula is C57H59IrN5OSi-2. The number of imidazole rings is 1. The van der Waals surface area contributed by atoms with E-state index in [1.54, 1.807) is 10.8 Å². The molecule has 9 aromatic rings. The van der Waals surface area contributed by atoms with Crippen LogP contribution in [0.2, 0.25) is 19.6 Å². The second-order valence-corrected chi connectivity index (χ2v) is 25.2. The third-order valence-corrected chi connectivity index (χ3v) is 16.2. The van der Waals surface area contributed by atoms with Gasteiger partial charge in [-0.1, -0.05) is 114 Å².